The van der Waals surface area contributed by atoms with E-state index in [1.807, 2.05) is 0 Å². The molecular formula is C21H25NO8. The van der Waals surface area contributed by atoms with Crippen LogP contribution in [0.1, 0.15) is 18.1 Å². The number of aliphatic hydroxyl groups excluding tert-OH is 2. The summed E-state index contributed by atoms with van der Waals surface area (Å²) in [6.45, 7) is 0.0246. The van der Waals surface area contributed by atoms with Gasteiger partial charge in [-0.25, -0.2) is 4.79 Å². The van der Waals surface area contributed by atoms with Gasteiger partial charge in [0.2, 0.25) is 6.79 Å². The Morgan fingerprint density at radius 2 is 1.97 bits per heavy atom. The van der Waals surface area contributed by atoms with Crippen molar-refractivity contribution in [2.75, 3.05) is 39.0 Å². The predicted molar refractivity (Wildman–Crippen MR) is 107 cm³/mol. The summed E-state index contributed by atoms with van der Waals surface area (Å²) in [7, 11) is 1.48. The first-order chi connectivity index (χ1) is 14.6. The van der Waals surface area contributed by atoms with Gasteiger partial charge < -0.3 is 33.9 Å². The van der Waals surface area contributed by atoms with Crippen LogP contribution in [0, 0.1) is 0 Å². The number of hydrogen-bond acceptors (Lipinski definition) is 8. The molecule has 9 heteroatoms. The molecule has 9 nitrogen and oxygen atoms in total. The number of ether oxygens (including phenoxy) is 5. The van der Waals surface area contributed by atoms with Crippen LogP contribution in [0.3, 0.4) is 0 Å². The summed E-state index contributed by atoms with van der Waals surface area (Å²) < 4.78 is 27.1. The van der Waals surface area contributed by atoms with Crippen LogP contribution < -0.4 is 19.5 Å². The van der Waals surface area contributed by atoms with Crippen LogP contribution in [0.15, 0.2) is 42.5 Å². The highest BCUT2D eigenvalue weighted by Gasteiger charge is 2.27. The Labute approximate surface area is 174 Å². The van der Waals surface area contributed by atoms with Crippen LogP contribution in [0.25, 0.3) is 0 Å². The largest absolute Gasteiger partial charge is 0.491 e. The molecule has 0 bridgehead atoms. The second-order valence-electron chi connectivity index (χ2n) is 6.45. The minimum Gasteiger partial charge on any atom is -0.491 e. The Kier molecular flexibility index (Phi) is 7.72. The number of carbonyl (C=O) groups is 1. The van der Waals surface area contributed by atoms with Gasteiger partial charge in [-0.1, -0.05) is 12.1 Å². The number of fused-ring (bicyclic) bond motifs is 1. The first-order valence-electron chi connectivity index (χ1n) is 9.49. The van der Waals surface area contributed by atoms with Gasteiger partial charge in [-0.2, -0.15) is 0 Å². The van der Waals surface area contributed by atoms with Gasteiger partial charge in [-0.15, -0.1) is 0 Å². The quantitative estimate of drug-likeness (QED) is 0.538. The minimum absolute atomic E-state index is 0.118. The van der Waals surface area contributed by atoms with Crippen molar-refractivity contribution in [1.29, 1.82) is 0 Å². The number of amides is 1. The number of aliphatic hydroxyl groups is 2. The van der Waals surface area contributed by atoms with E-state index >= 15 is 0 Å². The molecule has 162 valence electrons. The maximum Gasteiger partial charge on any atom is 0.412 e. The maximum atomic E-state index is 12.6. The maximum absolute atomic E-state index is 12.6. The zero-order valence-electron chi connectivity index (χ0n) is 16.6. The van der Waals surface area contributed by atoms with Crippen LogP contribution in [0.4, 0.5) is 10.5 Å². The lowest BCUT2D eigenvalue weighted by molar-refractivity contribution is -0.0306. The number of benzene rings is 2. The number of methoxy groups -OCH3 is 1. The highest BCUT2D eigenvalue weighted by Crippen LogP contribution is 2.34. The topological polar surface area (TPSA) is 116 Å². The first kappa shape index (κ1) is 21.7. The van der Waals surface area contributed by atoms with Crippen LogP contribution in [-0.2, 0) is 9.47 Å². The molecule has 2 atom stereocenters. The third-order valence-corrected chi connectivity index (χ3v) is 4.45. The second-order valence-corrected chi connectivity index (χ2v) is 6.45. The Bertz CT molecular complexity index is 844. The van der Waals surface area contributed by atoms with Crippen molar-refractivity contribution < 1.29 is 38.7 Å². The van der Waals surface area contributed by atoms with Gasteiger partial charge in [-0.05, 0) is 29.8 Å². The Hall–Kier alpha value is -3.01. The Morgan fingerprint density at radius 3 is 2.73 bits per heavy atom. The molecule has 2 aromatic rings. The summed E-state index contributed by atoms with van der Waals surface area (Å²) in [6.07, 6.45) is -1.81. The van der Waals surface area contributed by atoms with Crippen molar-refractivity contribution in [2.24, 2.45) is 0 Å². The molecule has 0 spiro atoms. The van der Waals surface area contributed by atoms with E-state index in [0.717, 1.165) is 0 Å². The highest BCUT2D eigenvalue weighted by molar-refractivity contribution is 5.85. The Morgan fingerprint density at radius 1 is 1.13 bits per heavy atom. The average molecular weight is 419 g/mol. The van der Waals surface area contributed by atoms with Crippen molar-refractivity contribution >= 4 is 11.8 Å². The molecule has 2 aromatic carbocycles. The molecule has 0 unspecified atom stereocenters. The molecule has 0 fully saturated rings. The number of rotatable bonds is 10. The molecule has 1 heterocycles. The third kappa shape index (κ3) is 5.53. The summed E-state index contributed by atoms with van der Waals surface area (Å²) in [5, 5.41) is 21.0. The Balaban J connectivity index is 1.76. The van der Waals surface area contributed by atoms with Crippen LogP contribution in [-0.4, -0.2) is 56.1 Å². The fraction of sp³-hybridized carbons (Fsp3) is 0.381. The summed E-state index contributed by atoms with van der Waals surface area (Å²) in [6, 6.07) is 12.0. The fourth-order valence-corrected chi connectivity index (χ4v) is 3.06. The van der Waals surface area contributed by atoms with Crippen molar-refractivity contribution in [2.45, 2.75) is 18.6 Å². The van der Waals surface area contributed by atoms with Gasteiger partial charge in [-0.3, -0.25) is 5.32 Å². The first-order valence-corrected chi connectivity index (χ1v) is 9.49. The zero-order chi connectivity index (χ0) is 21.3. The molecule has 1 aliphatic rings. The lowest BCUT2D eigenvalue weighted by atomic mass is 10.0. The van der Waals surface area contributed by atoms with E-state index in [2.05, 4.69) is 5.32 Å². The van der Waals surface area contributed by atoms with Crippen molar-refractivity contribution in [3.8, 4) is 17.2 Å². The van der Waals surface area contributed by atoms with E-state index in [1.54, 1.807) is 42.5 Å². The predicted octanol–water partition coefficient (Wildman–Crippen LogP) is 2.47. The molecule has 3 N–H and O–H groups in total. The van der Waals surface area contributed by atoms with Crippen LogP contribution in [0.5, 0.6) is 17.2 Å². The van der Waals surface area contributed by atoms with Crippen molar-refractivity contribution in [3.05, 3.63) is 48.0 Å². The smallest absolute Gasteiger partial charge is 0.412 e. The van der Waals surface area contributed by atoms with E-state index in [0.29, 0.717) is 28.5 Å². The normalized spacial score (nSPS) is 14.1. The molecule has 0 aliphatic carbocycles. The monoisotopic (exact) mass is 419 g/mol. The van der Waals surface area contributed by atoms with Gasteiger partial charge in [0, 0.05) is 31.9 Å². The van der Waals surface area contributed by atoms with E-state index in [1.165, 1.54) is 7.11 Å². The molecular weight excluding hydrogens is 394 g/mol. The molecule has 0 aromatic heterocycles. The molecule has 0 radical (unpaired) electrons. The standard InChI is InChI=1S/C21H25NO8/c1-26-18(7-8-23)20(14-3-2-4-16(11-14)27-10-9-24)30-21(25)22-15-5-6-17-19(12-15)29-13-28-17/h2-6,11-12,18,20,23-24H,7-10,13H2,1H3,(H,22,25)/t18-,20-/m0/s1. The summed E-state index contributed by atoms with van der Waals surface area (Å²) >= 11 is 0. The van der Waals surface area contributed by atoms with E-state index < -0.39 is 18.3 Å². The van der Waals surface area contributed by atoms with Crippen LogP contribution in [0.2, 0.25) is 0 Å². The molecule has 0 saturated carbocycles. The summed E-state index contributed by atoms with van der Waals surface area (Å²) in [5.41, 5.74) is 1.12. The number of carbonyl (C=O) groups excluding carboxylic acids is 1. The fourth-order valence-electron chi connectivity index (χ4n) is 3.06. The lowest BCUT2D eigenvalue weighted by Crippen LogP contribution is -2.29. The van der Waals surface area contributed by atoms with Crippen molar-refractivity contribution in [3.63, 3.8) is 0 Å². The second kappa shape index (κ2) is 10.7. The molecule has 0 saturated heterocycles. The van der Waals surface area contributed by atoms with Gasteiger partial charge in [0.25, 0.3) is 0 Å². The van der Waals surface area contributed by atoms with Gasteiger partial charge in [0.15, 0.2) is 17.6 Å². The number of nitrogens with one attached hydrogen (secondary N) is 1. The summed E-state index contributed by atoms with van der Waals surface area (Å²) in [5.74, 6) is 1.66. The zero-order valence-corrected chi connectivity index (χ0v) is 16.6. The molecule has 3 rings (SSSR count). The van der Waals surface area contributed by atoms with Crippen molar-refractivity contribution in [1.82, 2.24) is 0 Å². The minimum atomic E-state index is -0.797. The van der Waals surface area contributed by atoms with E-state index in [4.69, 9.17) is 28.8 Å². The lowest BCUT2D eigenvalue weighted by Gasteiger charge is -2.26. The van der Waals surface area contributed by atoms with Gasteiger partial charge in [0.1, 0.15) is 18.5 Å². The summed E-state index contributed by atoms with van der Waals surface area (Å²) in [4.78, 5) is 12.6. The number of hydrogen-bond donors (Lipinski definition) is 3. The highest BCUT2D eigenvalue weighted by atomic mass is 16.7. The van der Waals surface area contributed by atoms with E-state index in [9.17, 15) is 9.90 Å². The van der Waals surface area contributed by atoms with Gasteiger partial charge in [0.05, 0.1) is 6.61 Å². The molecule has 1 aliphatic heterocycles. The molecule has 30 heavy (non-hydrogen) atoms. The third-order valence-electron chi connectivity index (χ3n) is 4.45. The average Bonchev–Trinajstić information content (AvgIpc) is 3.22. The van der Waals surface area contributed by atoms with Gasteiger partial charge >= 0.3 is 6.09 Å². The van der Waals surface area contributed by atoms with E-state index in [-0.39, 0.29) is 33.0 Å². The number of anilines is 1. The van der Waals surface area contributed by atoms with Crippen LogP contribution >= 0.6 is 0 Å². The SMILES string of the molecule is CO[C@@H](CCO)[C@@H](OC(=O)Nc1ccc2c(c1)OCO2)c1cccc(OCCO)c1. The molecule has 1 amide bonds.